The summed E-state index contributed by atoms with van der Waals surface area (Å²) in [7, 11) is 0. The molecule has 0 aromatic heterocycles. The topological polar surface area (TPSA) is 49.4 Å². The van der Waals surface area contributed by atoms with Crippen LogP contribution in [0, 0.1) is 0 Å². The van der Waals surface area contributed by atoms with Crippen molar-refractivity contribution in [1.82, 2.24) is 10.2 Å². The smallest absolute Gasteiger partial charge is 0.242 e. The standard InChI is InChI=1S/C24H28Cl2N2O2/c1-17(24(30)27-20-10-6-3-7-11-20)28(16-19-12-13-21(25)22(26)14-19)23(29)15-18-8-4-2-5-9-18/h2,4-5,8-9,12-14,17,20H,3,6-7,10-11,15-16H2,1H3,(H,27,30). The molecule has 1 aliphatic rings. The van der Waals surface area contributed by atoms with E-state index in [2.05, 4.69) is 5.32 Å². The van der Waals surface area contributed by atoms with Crippen LogP contribution in [0.3, 0.4) is 0 Å². The number of carbonyl (C=O) groups excluding carboxylic acids is 2. The monoisotopic (exact) mass is 446 g/mol. The summed E-state index contributed by atoms with van der Waals surface area (Å²) in [6.07, 6.45) is 5.75. The quantitative estimate of drug-likeness (QED) is 0.618. The summed E-state index contributed by atoms with van der Waals surface area (Å²) in [5.74, 6) is -0.207. The Balaban J connectivity index is 1.76. The van der Waals surface area contributed by atoms with E-state index < -0.39 is 6.04 Å². The zero-order valence-corrected chi connectivity index (χ0v) is 18.8. The van der Waals surface area contributed by atoms with Crippen molar-refractivity contribution in [2.45, 2.75) is 64.1 Å². The number of nitrogens with zero attached hydrogens (tertiary/aromatic N) is 1. The van der Waals surface area contributed by atoms with E-state index in [1.54, 1.807) is 24.0 Å². The lowest BCUT2D eigenvalue weighted by Crippen LogP contribution is -2.50. The molecule has 6 heteroatoms. The lowest BCUT2D eigenvalue weighted by Gasteiger charge is -2.31. The van der Waals surface area contributed by atoms with E-state index in [0.717, 1.165) is 36.8 Å². The van der Waals surface area contributed by atoms with Crippen molar-refractivity contribution in [3.63, 3.8) is 0 Å². The highest BCUT2D eigenvalue weighted by Crippen LogP contribution is 2.24. The molecule has 1 saturated carbocycles. The van der Waals surface area contributed by atoms with Crippen molar-refractivity contribution in [1.29, 1.82) is 0 Å². The molecule has 1 N–H and O–H groups in total. The zero-order valence-electron chi connectivity index (χ0n) is 17.2. The molecule has 2 aromatic carbocycles. The third-order valence-electron chi connectivity index (χ3n) is 5.65. The van der Waals surface area contributed by atoms with E-state index in [-0.39, 0.29) is 24.3 Å². The molecule has 0 spiro atoms. The Bertz CT molecular complexity index is 867. The number of hydrogen-bond donors (Lipinski definition) is 1. The van der Waals surface area contributed by atoms with E-state index >= 15 is 0 Å². The third-order valence-corrected chi connectivity index (χ3v) is 6.39. The third kappa shape index (κ3) is 6.23. The van der Waals surface area contributed by atoms with Gasteiger partial charge in [-0.1, -0.05) is 78.9 Å². The first-order valence-electron chi connectivity index (χ1n) is 10.5. The number of halogens is 2. The van der Waals surface area contributed by atoms with Crippen molar-refractivity contribution in [3.05, 3.63) is 69.7 Å². The molecule has 0 aliphatic heterocycles. The first-order chi connectivity index (χ1) is 14.4. The van der Waals surface area contributed by atoms with Gasteiger partial charge in [-0.15, -0.1) is 0 Å². The van der Waals surface area contributed by atoms with Crippen LogP contribution in [0.1, 0.15) is 50.2 Å². The number of benzene rings is 2. The van der Waals surface area contributed by atoms with Gasteiger partial charge in [-0.3, -0.25) is 9.59 Å². The van der Waals surface area contributed by atoms with Crippen molar-refractivity contribution in [2.75, 3.05) is 0 Å². The molecule has 4 nitrogen and oxygen atoms in total. The second-order valence-electron chi connectivity index (χ2n) is 7.95. The van der Waals surface area contributed by atoms with Crippen LogP contribution in [-0.2, 0) is 22.6 Å². The highest BCUT2D eigenvalue weighted by atomic mass is 35.5. The molecule has 1 unspecified atom stereocenters. The van der Waals surface area contributed by atoms with Gasteiger partial charge in [0, 0.05) is 12.6 Å². The molecule has 160 valence electrons. The maximum absolute atomic E-state index is 13.2. The van der Waals surface area contributed by atoms with Gasteiger partial charge in [0.05, 0.1) is 16.5 Å². The Morgan fingerprint density at radius 3 is 2.37 bits per heavy atom. The number of nitrogens with one attached hydrogen (secondary N) is 1. The van der Waals surface area contributed by atoms with Crippen LogP contribution in [-0.4, -0.2) is 28.8 Å². The minimum absolute atomic E-state index is 0.0985. The molecular weight excluding hydrogens is 419 g/mol. The summed E-state index contributed by atoms with van der Waals surface area (Å²) in [6, 6.07) is 14.5. The van der Waals surface area contributed by atoms with Gasteiger partial charge in [-0.2, -0.15) is 0 Å². The maximum atomic E-state index is 13.2. The Kier molecular flexibility index (Phi) is 8.17. The summed E-state index contributed by atoms with van der Waals surface area (Å²) in [5, 5.41) is 4.04. The van der Waals surface area contributed by atoms with Crippen LogP contribution in [0.5, 0.6) is 0 Å². The zero-order chi connectivity index (χ0) is 21.5. The molecule has 1 fully saturated rings. The lowest BCUT2D eigenvalue weighted by atomic mass is 9.95. The summed E-state index contributed by atoms with van der Waals surface area (Å²) < 4.78 is 0. The molecule has 30 heavy (non-hydrogen) atoms. The van der Waals surface area contributed by atoms with Crippen molar-refractivity contribution in [2.24, 2.45) is 0 Å². The predicted octanol–water partition coefficient (Wildman–Crippen LogP) is 5.40. The minimum atomic E-state index is -0.586. The van der Waals surface area contributed by atoms with Gasteiger partial charge in [0.25, 0.3) is 0 Å². The first-order valence-corrected chi connectivity index (χ1v) is 11.3. The first kappa shape index (κ1) is 22.6. The van der Waals surface area contributed by atoms with Gasteiger partial charge in [0.2, 0.25) is 11.8 Å². The highest BCUT2D eigenvalue weighted by molar-refractivity contribution is 6.42. The Morgan fingerprint density at radius 2 is 1.70 bits per heavy atom. The maximum Gasteiger partial charge on any atom is 0.242 e. The van der Waals surface area contributed by atoms with Gasteiger partial charge in [0.1, 0.15) is 6.04 Å². The molecule has 0 bridgehead atoms. The van der Waals surface area contributed by atoms with Crippen molar-refractivity contribution >= 4 is 35.0 Å². The average molecular weight is 447 g/mol. The van der Waals surface area contributed by atoms with Gasteiger partial charge < -0.3 is 10.2 Å². The molecule has 3 rings (SSSR count). The van der Waals surface area contributed by atoms with Gasteiger partial charge >= 0.3 is 0 Å². The Hall–Kier alpha value is -2.04. The second kappa shape index (κ2) is 10.8. The van der Waals surface area contributed by atoms with Crippen LogP contribution < -0.4 is 5.32 Å². The number of hydrogen-bond acceptors (Lipinski definition) is 2. The summed E-state index contributed by atoms with van der Waals surface area (Å²) in [6.45, 7) is 2.08. The fourth-order valence-electron chi connectivity index (χ4n) is 3.86. The normalized spacial score (nSPS) is 15.4. The minimum Gasteiger partial charge on any atom is -0.352 e. The van der Waals surface area contributed by atoms with Crippen LogP contribution in [0.2, 0.25) is 10.0 Å². The van der Waals surface area contributed by atoms with Crippen LogP contribution in [0.15, 0.2) is 48.5 Å². The average Bonchev–Trinajstić information content (AvgIpc) is 2.75. The molecule has 0 radical (unpaired) electrons. The molecular formula is C24H28Cl2N2O2. The lowest BCUT2D eigenvalue weighted by molar-refractivity contribution is -0.140. The number of carbonyl (C=O) groups is 2. The van der Waals surface area contributed by atoms with Crippen LogP contribution >= 0.6 is 23.2 Å². The van der Waals surface area contributed by atoms with Crippen molar-refractivity contribution in [3.8, 4) is 0 Å². The van der Waals surface area contributed by atoms with E-state index in [1.807, 2.05) is 36.4 Å². The number of rotatable bonds is 7. The van der Waals surface area contributed by atoms with Gasteiger partial charge in [-0.25, -0.2) is 0 Å². The largest absolute Gasteiger partial charge is 0.352 e. The number of amides is 2. The fourth-order valence-corrected chi connectivity index (χ4v) is 4.18. The van der Waals surface area contributed by atoms with Crippen molar-refractivity contribution < 1.29 is 9.59 Å². The highest BCUT2D eigenvalue weighted by Gasteiger charge is 2.28. The summed E-state index contributed by atoms with van der Waals surface area (Å²) in [5.41, 5.74) is 1.75. The van der Waals surface area contributed by atoms with Gasteiger partial charge in [0.15, 0.2) is 0 Å². The Labute approximate surface area is 188 Å². The van der Waals surface area contributed by atoms with Crippen LogP contribution in [0.4, 0.5) is 0 Å². The Morgan fingerprint density at radius 1 is 1.00 bits per heavy atom. The summed E-state index contributed by atoms with van der Waals surface area (Å²) in [4.78, 5) is 27.8. The molecule has 2 aromatic rings. The van der Waals surface area contributed by atoms with Gasteiger partial charge in [-0.05, 0) is 43.0 Å². The van der Waals surface area contributed by atoms with Crippen LogP contribution in [0.25, 0.3) is 0 Å². The molecule has 0 heterocycles. The van der Waals surface area contributed by atoms with E-state index in [9.17, 15) is 9.59 Å². The molecule has 2 amide bonds. The second-order valence-corrected chi connectivity index (χ2v) is 8.77. The summed E-state index contributed by atoms with van der Waals surface area (Å²) >= 11 is 12.2. The molecule has 1 aliphatic carbocycles. The van der Waals surface area contributed by atoms with E-state index in [1.165, 1.54) is 6.42 Å². The molecule has 1 atom stereocenters. The predicted molar refractivity (Wildman–Crippen MR) is 122 cm³/mol. The van der Waals surface area contributed by atoms with E-state index in [0.29, 0.717) is 16.6 Å². The SMILES string of the molecule is CC(C(=O)NC1CCCCC1)N(Cc1ccc(Cl)c(Cl)c1)C(=O)Cc1ccccc1. The fraction of sp³-hybridized carbons (Fsp3) is 0.417. The van der Waals surface area contributed by atoms with E-state index in [4.69, 9.17) is 23.2 Å². The molecule has 0 saturated heterocycles.